The third kappa shape index (κ3) is 6.64. The summed E-state index contributed by atoms with van der Waals surface area (Å²) in [5, 5.41) is 16.7. The van der Waals surface area contributed by atoms with Gasteiger partial charge in [0.15, 0.2) is 0 Å². The number of ether oxygens (including phenoxy) is 2. The molecule has 0 radical (unpaired) electrons. The molecule has 0 aromatic carbocycles. The van der Waals surface area contributed by atoms with E-state index in [1.54, 1.807) is 0 Å². The lowest BCUT2D eigenvalue weighted by molar-refractivity contribution is -0.142. The summed E-state index contributed by atoms with van der Waals surface area (Å²) in [6.07, 6.45) is 0.968. The standard InChI is InChI=1S/C9H14O6/c1-7(9(13)15-5-3-11)6-8(12)14-4-2-10/h6,10-11H,2-5H2,1H3/b7-6+. The molecule has 0 atom stereocenters. The number of rotatable bonds is 6. The zero-order valence-corrected chi connectivity index (χ0v) is 8.43. The van der Waals surface area contributed by atoms with Crippen LogP contribution in [0.5, 0.6) is 0 Å². The van der Waals surface area contributed by atoms with Gasteiger partial charge in [0.25, 0.3) is 0 Å². The fourth-order valence-electron chi connectivity index (χ4n) is 0.676. The monoisotopic (exact) mass is 218 g/mol. The third-order valence-electron chi connectivity index (χ3n) is 1.32. The second-order valence-electron chi connectivity index (χ2n) is 2.58. The second-order valence-corrected chi connectivity index (χ2v) is 2.58. The smallest absolute Gasteiger partial charge is 0.334 e. The molecule has 0 saturated carbocycles. The van der Waals surface area contributed by atoms with E-state index in [0.717, 1.165) is 6.08 Å². The fourth-order valence-corrected chi connectivity index (χ4v) is 0.676. The lowest BCUT2D eigenvalue weighted by atomic mass is 10.3. The van der Waals surface area contributed by atoms with Crippen LogP contribution in [0.1, 0.15) is 6.92 Å². The van der Waals surface area contributed by atoms with Gasteiger partial charge in [-0.1, -0.05) is 0 Å². The Balaban J connectivity index is 4.05. The average molecular weight is 218 g/mol. The normalized spacial score (nSPS) is 11.0. The lowest BCUT2D eigenvalue weighted by Crippen LogP contribution is -2.12. The van der Waals surface area contributed by atoms with Crippen molar-refractivity contribution in [1.82, 2.24) is 0 Å². The third-order valence-corrected chi connectivity index (χ3v) is 1.32. The first-order valence-electron chi connectivity index (χ1n) is 4.35. The number of carbonyl (C=O) groups is 2. The minimum Gasteiger partial charge on any atom is -0.460 e. The van der Waals surface area contributed by atoms with E-state index >= 15 is 0 Å². The summed E-state index contributed by atoms with van der Waals surface area (Å²) in [7, 11) is 0. The van der Waals surface area contributed by atoms with Crippen molar-refractivity contribution in [3.63, 3.8) is 0 Å². The van der Waals surface area contributed by atoms with E-state index in [1.165, 1.54) is 6.92 Å². The first-order valence-corrected chi connectivity index (χ1v) is 4.35. The Labute approximate surface area is 87.1 Å². The molecule has 0 aromatic heterocycles. The maximum atomic E-state index is 11.1. The predicted molar refractivity (Wildman–Crippen MR) is 49.8 cm³/mol. The van der Waals surface area contributed by atoms with Gasteiger partial charge in [-0.15, -0.1) is 0 Å². The Morgan fingerprint density at radius 2 is 1.67 bits per heavy atom. The van der Waals surface area contributed by atoms with Gasteiger partial charge in [-0.25, -0.2) is 9.59 Å². The van der Waals surface area contributed by atoms with Crippen LogP contribution in [-0.2, 0) is 19.1 Å². The van der Waals surface area contributed by atoms with Crippen molar-refractivity contribution in [2.75, 3.05) is 26.4 Å². The topological polar surface area (TPSA) is 93.1 Å². The molecule has 6 heteroatoms. The largest absolute Gasteiger partial charge is 0.460 e. The summed E-state index contributed by atoms with van der Waals surface area (Å²) >= 11 is 0. The zero-order valence-electron chi connectivity index (χ0n) is 8.43. The molecule has 0 bridgehead atoms. The molecule has 0 aliphatic carbocycles. The van der Waals surface area contributed by atoms with Gasteiger partial charge in [0, 0.05) is 11.6 Å². The zero-order chi connectivity index (χ0) is 11.7. The van der Waals surface area contributed by atoms with Crippen LogP contribution in [0.25, 0.3) is 0 Å². The molecular weight excluding hydrogens is 204 g/mol. The quantitative estimate of drug-likeness (QED) is 0.439. The Hall–Kier alpha value is -1.40. The number of hydrogen-bond acceptors (Lipinski definition) is 6. The molecule has 0 saturated heterocycles. The fraction of sp³-hybridized carbons (Fsp3) is 0.556. The van der Waals surface area contributed by atoms with Crippen LogP contribution in [0.2, 0.25) is 0 Å². The second kappa shape index (κ2) is 7.95. The molecule has 0 spiro atoms. The molecule has 0 aromatic rings. The van der Waals surface area contributed by atoms with E-state index in [-0.39, 0.29) is 32.0 Å². The highest BCUT2D eigenvalue weighted by Gasteiger charge is 2.08. The van der Waals surface area contributed by atoms with Gasteiger partial charge in [0.2, 0.25) is 0 Å². The Morgan fingerprint density at radius 1 is 1.13 bits per heavy atom. The molecule has 0 aliphatic heterocycles. The molecule has 0 aliphatic rings. The summed E-state index contributed by atoms with van der Waals surface area (Å²) in [5.41, 5.74) is 0.0754. The number of esters is 2. The van der Waals surface area contributed by atoms with E-state index in [1.807, 2.05) is 0 Å². The Morgan fingerprint density at radius 3 is 2.20 bits per heavy atom. The summed E-state index contributed by atoms with van der Waals surface area (Å²) < 4.78 is 9.04. The number of aliphatic hydroxyl groups excluding tert-OH is 2. The van der Waals surface area contributed by atoms with Crippen LogP contribution in [0.4, 0.5) is 0 Å². The van der Waals surface area contributed by atoms with Gasteiger partial charge in [-0.05, 0) is 6.92 Å². The van der Waals surface area contributed by atoms with Crippen LogP contribution >= 0.6 is 0 Å². The van der Waals surface area contributed by atoms with Crippen LogP contribution in [0, 0.1) is 0 Å². The highest BCUT2D eigenvalue weighted by atomic mass is 16.5. The van der Waals surface area contributed by atoms with Crippen LogP contribution in [0.3, 0.4) is 0 Å². The van der Waals surface area contributed by atoms with Gasteiger partial charge in [0.05, 0.1) is 13.2 Å². The van der Waals surface area contributed by atoms with Crippen LogP contribution in [0.15, 0.2) is 11.6 Å². The minimum absolute atomic E-state index is 0.0754. The van der Waals surface area contributed by atoms with Crippen LogP contribution < -0.4 is 0 Å². The van der Waals surface area contributed by atoms with E-state index in [4.69, 9.17) is 10.2 Å². The van der Waals surface area contributed by atoms with E-state index < -0.39 is 11.9 Å². The van der Waals surface area contributed by atoms with Gasteiger partial charge < -0.3 is 19.7 Å². The molecule has 0 amide bonds. The maximum absolute atomic E-state index is 11.1. The molecule has 0 fully saturated rings. The summed E-state index contributed by atoms with van der Waals surface area (Å²) in [4.78, 5) is 22.0. The molecule has 0 unspecified atom stereocenters. The molecule has 0 rings (SSSR count). The number of aliphatic hydroxyl groups is 2. The minimum atomic E-state index is -0.720. The highest BCUT2D eigenvalue weighted by molar-refractivity contribution is 5.95. The van der Waals surface area contributed by atoms with Crippen molar-refractivity contribution in [3.8, 4) is 0 Å². The predicted octanol–water partition coefficient (Wildman–Crippen LogP) is -0.996. The van der Waals surface area contributed by atoms with E-state index in [2.05, 4.69) is 9.47 Å². The number of carbonyl (C=O) groups excluding carboxylic acids is 2. The van der Waals surface area contributed by atoms with Crippen molar-refractivity contribution in [2.45, 2.75) is 6.92 Å². The molecule has 0 heterocycles. The summed E-state index contributed by atoms with van der Waals surface area (Å²) in [6, 6.07) is 0. The molecular formula is C9H14O6. The van der Waals surface area contributed by atoms with Gasteiger partial charge in [0.1, 0.15) is 13.2 Å². The summed E-state index contributed by atoms with van der Waals surface area (Å²) in [5.74, 6) is -1.41. The van der Waals surface area contributed by atoms with Crippen molar-refractivity contribution in [2.24, 2.45) is 0 Å². The average Bonchev–Trinajstić information content (AvgIpc) is 2.22. The Kier molecular flexibility index (Phi) is 7.21. The van der Waals surface area contributed by atoms with Crippen molar-refractivity contribution >= 4 is 11.9 Å². The van der Waals surface area contributed by atoms with Gasteiger partial charge in [-0.2, -0.15) is 0 Å². The molecule has 2 N–H and O–H groups in total. The molecule has 86 valence electrons. The number of hydrogen-bond donors (Lipinski definition) is 2. The Bertz CT molecular complexity index is 245. The first kappa shape index (κ1) is 13.6. The first-order chi connectivity index (χ1) is 7.11. The highest BCUT2D eigenvalue weighted by Crippen LogP contribution is 1.97. The van der Waals surface area contributed by atoms with E-state index in [9.17, 15) is 9.59 Å². The lowest BCUT2D eigenvalue weighted by Gasteiger charge is -2.02. The maximum Gasteiger partial charge on any atom is 0.334 e. The van der Waals surface area contributed by atoms with Crippen LogP contribution in [-0.4, -0.2) is 48.6 Å². The van der Waals surface area contributed by atoms with Crippen molar-refractivity contribution in [1.29, 1.82) is 0 Å². The van der Waals surface area contributed by atoms with Crippen molar-refractivity contribution < 1.29 is 29.3 Å². The molecule has 15 heavy (non-hydrogen) atoms. The SMILES string of the molecule is C/C(=C\C(=O)OCCO)C(=O)OCCO. The van der Waals surface area contributed by atoms with E-state index in [0.29, 0.717) is 0 Å². The molecule has 6 nitrogen and oxygen atoms in total. The van der Waals surface area contributed by atoms with Gasteiger partial charge in [-0.3, -0.25) is 0 Å². The summed E-state index contributed by atoms with van der Waals surface area (Å²) in [6.45, 7) is 0.617. The van der Waals surface area contributed by atoms with Crippen molar-refractivity contribution in [3.05, 3.63) is 11.6 Å². The van der Waals surface area contributed by atoms with Gasteiger partial charge >= 0.3 is 11.9 Å².